The quantitative estimate of drug-likeness (QED) is 0.556. The zero-order chi connectivity index (χ0) is 14.1. The van der Waals surface area contributed by atoms with E-state index in [0.29, 0.717) is 24.3 Å². The molecule has 0 aliphatic rings. The Morgan fingerprint density at radius 3 is 2.79 bits per heavy atom. The number of hydrogen-bond donors (Lipinski definition) is 1. The van der Waals surface area contributed by atoms with Gasteiger partial charge in [-0.15, -0.1) is 0 Å². The molecule has 0 bridgehead atoms. The summed E-state index contributed by atoms with van der Waals surface area (Å²) in [5, 5.41) is 3.96. The summed E-state index contributed by atoms with van der Waals surface area (Å²) < 4.78 is 11.1. The summed E-state index contributed by atoms with van der Waals surface area (Å²) in [6, 6.07) is 1.83. The van der Waals surface area contributed by atoms with Crippen molar-refractivity contribution in [2.75, 3.05) is 31.3 Å². The molecule has 0 aromatic carbocycles. The van der Waals surface area contributed by atoms with E-state index in [4.69, 9.17) is 9.47 Å². The number of anilines is 1. The molecule has 1 aromatic rings. The van der Waals surface area contributed by atoms with Crippen LogP contribution in [-0.4, -0.2) is 42.1 Å². The first kappa shape index (κ1) is 16.0. The summed E-state index contributed by atoms with van der Waals surface area (Å²) in [5.74, 6) is 1.39. The van der Waals surface area contributed by atoms with E-state index in [2.05, 4.69) is 22.2 Å². The minimum atomic E-state index is -0.0245. The van der Waals surface area contributed by atoms with Gasteiger partial charge in [0, 0.05) is 19.2 Å². The first-order valence-corrected chi connectivity index (χ1v) is 7.83. The predicted molar refractivity (Wildman–Crippen MR) is 79.2 cm³/mol. The largest absolute Gasteiger partial charge is 0.472 e. The smallest absolute Gasteiger partial charge is 0.219 e. The van der Waals surface area contributed by atoms with Gasteiger partial charge in [-0.1, -0.05) is 18.7 Å². The van der Waals surface area contributed by atoms with E-state index in [1.165, 1.54) is 11.8 Å². The van der Waals surface area contributed by atoms with Crippen LogP contribution in [0.15, 0.2) is 11.2 Å². The van der Waals surface area contributed by atoms with Crippen LogP contribution in [0.25, 0.3) is 0 Å². The van der Waals surface area contributed by atoms with Crippen molar-refractivity contribution in [2.45, 2.75) is 38.5 Å². The van der Waals surface area contributed by atoms with Crippen molar-refractivity contribution in [1.29, 1.82) is 0 Å². The fourth-order valence-electron chi connectivity index (χ4n) is 1.42. The van der Waals surface area contributed by atoms with Gasteiger partial charge in [0.15, 0.2) is 5.16 Å². The Hall–Kier alpha value is -1.01. The van der Waals surface area contributed by atoms with E-state index in [1.807, 2.05) is 26.2 Å². The van der Waals surface area contributed by atoms with Gasteiger partial charge in [-0.3, -0.25) is 0 Å². The van der Waals surface area contributed by atoms with E-state index < -0.39 is 0 Å². The zero-order valence-electron chi connectivity index (χ0n) is 12.1. The Balaban J connectivity index is 2.69. The summed E-state index contributed by atoms with van der Waals surface area (Å²) in [6.45, 7) is 8.19. The molecule has 6 heteroatoms. The normalized spacial score (nSPS) is 12.2. The molecule has 108 valence electrons. The fourth-order valence-corrected chi connectivity index (χ4v) is 1.79. The lowest BCUT2D eigenvalue weighted by Gasteiger charge is -2.15. The second-order valence-corrected chi connectivity index (χ2v) is 4.87. The molecule has 0 aliphatic carbocycles. The van der Waals surface area contributed by atoms with Crippen LogP contribution < -0.4 is 10.1 Å². The van der Waals surface area contributed by atoms with Crippen molar-refractivity contribution >= 4 is 17.6 Å². The first-order chi connectivity index (χ1) is 9.19. The summed E-state index contributed by atoms with van der Waals surface area (Å²) in [7, 11) is 0. The molecule has 1 heterocycles. The van der Waals surface area contributed by atoms with Crippen LogP contribution in [0.1, 0.15) is 27.2 Å². The zero-order valence-corrected chi connectivity index (χ0v) is 12.9. The second kappa shape index (κ2) is 8.98. The highest BCUT2D eigenvalue weighted by molar-refractivity contribution is 7.98. The number of thioether (sulfide) groups is 1. The van der Waals surface area contributed by atoms with E-state index in [0.717, 1.165) is 18.8 Å². The Bertz CT molecular complexity index is 377. The first-order valence-electron chi connectivity index (χ1n) is 6.60. The topological polar surface area (TPSA) is 56.3 Å². The number of hydrogen-bond acceptors (Lipinski definition) is 6. The van der Waals surface area contributed by atoms with Crippen molar-refractivity contribution in [3.8, 4) is 5.88 Å². The Kier molecular flexibility index (Phi) is 7.59. The van der Waals surface area contributed by atoms with Gasteiger partial charge in [0.1, 0.15) is 11.9 Å². The Morgan fingerprint density at radius 2 is 2.16 bits per heavy atom. The van der Waals surface area contributed by atoms with Crippen molar-refractivity contribution in [1.82, 2.24) is 9.97 Å². The van der Waals surface area contributed by atoms with Crippen molar-refractivity contribution in [2.24, 2.45) is 0 Å². The van der Waals surface area contributed by atoms with Gasteiger partial charge >= 0.3 is 0 Å². The van der Waals surface area contributed by atoms with Crippen molar-refractivity contribution in [3.63, 3.8) is 0 Å². The standard InChI is InChI=1S/C13H23N3O2S/c1-5-7-14-11-8-12(16-13(15-11)19-4)18-10(3)9-17-6-2/h8,10H,5-7,9H2,1-4H3,(H,14,15,16). The van der Waals surface area contributed by atoms with E-state index in [-0.39, 0.29) is 6.10 Å². The third kappa shape index (κ3) is 6.11. The molecule has 1 aromatic heterocycles. The van der Waals surface area contributed by atoms with E-state index in [9.17, 15) is 0 Å². The lowest BCUT2D eigenvalue weighted by atomic mass is 10.4. The Morgan fingerprint density at radius 1 is 1.37 bits per heavy atom. The van der Waals surface area contributed by atoms with Gasteiger partial charge in [0.05, 0.1) is 6.61 Å². The van der Waals surface area contributed by atoms with Crippen molar-refractivity contribution < 1.29 is 9.47 Å². The predicted octanol–water partition coefficient (Wildman–Crippen LogP) is 2.82. The average Bonchev–Trinajstić information content (AvgIpc) is 2.42. The molecule has 1 unspecified atom stereocenters. The monoisotopic (exact) mass is 285 g/mol. The average molecular weight is 285 g/mol. The van der Waals surface area contributed by atoms with Gasteiger partial charge in [0.25, 0.3) is 0 Å². The molecule has 0 radical (unpaired) electrons. The molecular formula is C13H23N3O2S. The fraction of sp³-hybridized carbons (Fsp3) is 0.692. The number of nitrogens with one attached hydrogen (secondary N) is 1. The summed E-state index contributed by atoms with van der Waals surface area (Å²) in [5.41, 5.74) is 0. The van der Waals surface area contributed by atoms with Crippen molar-refractivity contribution in [3.05, 3.63) is 6.07 Å². The summed E-state index contributed by atoms with van der Waals surface area (Å²) in [4.78, 5) is 8.73. The molecule has 1 N–H and O–H groups in total. The molecule has 0 aliphatic heterocycles. The molecule has 0 fully saturated rings. The van der Waals surface area contributed by atoms with Gasteiger partial charge in [-0.25, -0.2) is 4.98 Å². The minimum absolute atomic E-state index is 0.0245. The number of rotatable bonds is 9. The molecule has 0 saturated carbocycles. The highest BCUT2D eigenvalue weighted by atomic mass is 32.2. The van der Waals surface area contributed by atoms with Crippen LogP contribution in [0.3, 0.4) is 0 Å². The lowest BCUT2D eigenvalue weighted by molar-refractivity contribution is 0.0629. The van der Waals surface area contributed by atoms with Crippen LogP contribution >= 0.6 is 11.8 Å². The van der Waals surface area contributed by atoms with Crippen LogP contribution in [0.4, 0.5) is 5.82 Å². The number of aromatic nitrogens is 2. The minimum Gasteiger partial charge on any atom is -0.472 e. The molecule has 1 atom stereocenters. The highest BCUT2D eigenvalue weighted by Gasteiger charge is 2.09. The van der Waals surface area contributed by atoms with E-state index in [1.54, 1.807) is 0 Å². The maximum Gasteiger partial charge on any atom is 0.219 e. The van der Waals surface area contributed by atoms with Crippen LogP contribution in [0.5, 0.6) is 5.88 Å². The van der Waals surface area contributed by atoms with Gasteiger partial charge in [-0.2, -0.15) is 4.98 Å². The molecule has 19 heavy (non-hydrogen) atoms. The van der Waals surface area contributed by atoms with Crippen LogP contribution in [0.2, 0.25) is 0 Å². The lowest BCUT2D eigenvalue weighted by Crippen LogP contribution is -2.20. The maximum atomic E-state index is 5.75. The third-order valence-electron chi connectivity index (χ3n) is 2.30. The number of ether oxygens (including phenoxy) is 2. The third-order valence-corrected chi connectivity index (χ3v) is 2.85. The molecular weight excluding hydrogens is 262 g/mol. The second-order valence-electron chi connectivity index (χ2n) is 4.09. The van der Waals surface area contributed by atoms with E-state index >= 15 is 0 Å². The number of nitrogens with zero attached hydrogens (tertiary/aromatic N) is 2. The van der Waals surface area contributed by atoms with Gasteiger partial charge < -0.3 is 14.8 Å². The Labute approximate surface area is 119 Å². The molecule has 1 rings (SSSR count). The summed E-state index contributed by atoms with van der Waals surface area (Å²) in [6.07, 6.45) is 2.98. The van der Waals surface area contributed by atoms with Gasteiger partial charge in [-0.05, 0) is 26.5 Å². The van der Waals surface area contributed by atoms with Crippen LogP contribution in [0, 0.1) is 0 Å². The van der Waals surface area contributed by atoms with Gasteiger partial charge in [0.2, 0.25) is 5.88 Å². The maximum absolute atomic E-state index is 5.75. The summed E-state index contributed by atoms with van der Waals surface area (Å²) >= 11 is 1.50. The molecule has 0 spiro atoms. The van der Waals surface area contributed by atoms with Crippen LogP contribution in [-0.2, 0) is 4.74 Å². The SMILES string of the molecule is CCCNc1cc(OC(C)COCC)nc(SC)n1. The molecule has 5 nitrogen and oxygen atoms in total. The molecule has 0 amide bonds. The molecule has 0 saturated heterocycles. The highest BCUT2D eigenvalue weighted by Crippen LogP contribution is 2.19.